The summed E-state index contributed by atoms with van der Waals surface area (Å²) >= 11 is 0. The minimum atomic E-state index is -4.11. The molecule has 0 aliphatic heterocycles. The maximum atomic E-state index is 11.2. The van der Waals surface area contributed by atoms with Gasteiger partial charge in [0, 0.05) is 16.7 Å². The van der Waals surface area contributed by atoms with Gasteiger partial charge in [-0.3, -0.25) is 4.57 Å². The molecule has 0 amide bonds. The molecule has 0 bridgehead atoms. The number of nitrogens with zero attached hydrogens (tertiary/aromatic N) is 3. The molecule has 144 valence electrons. The zero-order valence-corrected chi connectivity index (χ0v) is 16.3. The standard InChI is InChI=1S/C22H18N3O3P/c26-29(27,28)15-16-11-13-19(14-12-16)22-24-20(17-7-3-1-4-8-17)23-21(25-22)18-9-5-2-6-10-18/h1-14H,15H2,(H2,26,27,28). The van der Waals surface area contributed by atoms with E-state index in [1.807, 2.05) is 60.7 Å². The summed E-state index contributed by atoms with van der Waals surface area (Å²) in [6.45, 7) is 0. The fourth-order valence-corrected chi connectivity index (χ4v) is 3.62. The van der Waals surface area contributed by atoms with E-state index < -0.39 is 7.60 Å². The lowest BCUT2D eigenvalue weighted by atomic mass is 10.1. The molecule has 0 saturated heterocycles. The molecule has 0 fully saturated rings. The summed E-state index contributed by atoms with van der Waals surface area (Å²) in [7, 11) is -4.11. The van der Waals surface area contributed by atoms with E-state index in [4.69, 9.17) is 9.79 Å². The Hall–Kier alpha value is -3.18. The van der Waals surface area contributed by atoms with Gasteiger partial charge >= 0.3 is 7.60 Å². The molecule has 4 rings (SSSR count). The first-order valence-electron chi connectivity index (χ1n) is 8.99. The molecule has 1 heterocycles. The summed E-state index contributed by atoms with van der Waals surface area (Å²) in [4.78, 5) is 32.2. The van der Waals surface area contributed by atoms with Gasteiger partial charge in [0.2, 0.25) is 0 Å². The van der Waals surface area contributed by atoms with Gasteiger partial charge in [0.15, 0.2) is 17.5 Å². The van der Waals surface area contributed by atoms with E-state index in [9.17, 15) is 4.57 Å². The van der Waals surface area contributed by atoms with Crippen molar-refractivity contribution < 1.29 is 14.4 Å². The number of aromatic nitrogens is 3. The number of benzene rings is 3. The first kappa shape index (κ1) is 19.2. The van der Waals surface area contributed by atoms with Crippen LogP contribution < -0.4 is 0 Å². The second-order valence-electron chi connectivity index (χ2n) is 6.56. The van der Waals surface area contributed by atoms with Crippen LogP contribution in [0.4, 0.5) is 0 Å². The first-order valence-corrected chi connectivity index (χ1v) is 10.8. The van der Waals surface area contributed by atoms with Crippen molar-refractivity contribution in [2.24, 2.45) is 0 Å². The Bertz CT molecular complexity index is 1100. The van der Waals surface area contributed by atoms with Crippen LogP contribution in [0, 0.1) is 0 Å². The van der Waals surface area contributed by atoms with Gasteiger partial charge in [0.05, 0.1) is 6.16 Å². The van der Waals surface area contributed by atoms with Gasteiger partial charge in [-0.1, -0.05) is 84.9 Å². The largest absolute Gasteiger partial charge is 0.329 e. The van der Waals surface area contributed by atoms with E-state index in [0.717, 1.165) is 16.7 Å². The Kier molecular flexibility index (Phi) is 5.32. The van der Waals surface area contributed by atoms with Gasteiger partial charge in [-0.05, 0) is 5.56 Å². The highest BCUT2D eigenvalue weighted by molar-refractivity contribution is 7.50. The minimum absolute atomic E-state index is 0.297. The molecule has 3 aromatic carbocycles. The maximum absolute atomic E-state index is 11.2. The summed E-state index contributed by atoms with van der Waals surface area (Å²) in [5.41, 5.74) is 3.07. The zero-order valence-electron chi connectivity index (χ0n) is 15.4. The van der Waals surface area contributed by atoms with Gasteiger partial charge in [-0.15, -0.1) is 0 Å². The molecule has 7 heteroatoms. The highest BCUT2D eigenvalue weighted by Crippen LogP contribution is 2.39. The second-order valence-corrected chi connectivity index (χ2v) is 8.20. The molecule has 29 heavy (non-hydrogen) atoms. The average molecular weight is 403 g/mol. The fraction of sp³-hybridized carbons (Fsp3) is 0.0455. The van der Waals surface area contributed by atoms with Gasteiger partial charge in [-0.2, -0.15) is 0 Å². The normalized spacial score (nSPS) is 11.4. The van der Waals surface area contributed by atoms with E-state index >= 15 is 0 Å². The van der Waals surface area contributed by atoms with Crippen LogP contribution in [0.3, 0.4) is 0 Å². The summed E-state index contributed by atoms with van der Waals surface area (Å²) in [5.74, 6) is 1.63. The molecule has 6 nitrogen and oxygen atoms in total. The highest BCUT2D eigenvalue weighted by Gasteiger charge is 2.15. The predicted molar refractivity (Wildman–Crippen MR) is 112 cm³/mol. The summed E-state index contributed by atoms with van der Waals surface area (Å²) in [6.07, 6.45) is -0.297. The van der Waals surface area contributed by atoms with E-state index in [1.54, 1.807) is 24.3 Å². The molecule has 0 saturated carbocycles. The molecule has 0 aliphatic carbocycles. The van der Waals surface area contributed by atoms with Gasteiger partial charge in [0.25, 0.3) is 0 Å². The Morgan fingerprint density at radius 3 is 1.34 bits per heavy atom. The Labute approximate surface area is 168 Å². The molecule has 0 spiro atoms. The topological polar surface area (TPSA) is 96.2 Å². The third-order valence-electron chi connectivity index (χ3n) is 4.30. The predicted octanol–water partition coefficient (Wildman–Crippen LogP) is 4.55. The Balaban J connectivity index is 1.79. The molecular formula is C22H18N3O3P. The Morgan fingerprint density at radius 1 is 0.586 bits per heavy atom. The van der Waals surface area contributed by atoms with Crippen molar-refractivity contribution in [3.63, 3.8) is 0 Å². The molecule has 0 radical (unpaired) electrons. The smallest absolute Gasteiger partial charge is 0.324 e. The zero-order chi connectivity index (χ0) is 20.3. The van der Waals surface area contributed by atoms with Crippen LogP contribution in [0.15, 0.2) is 84.9 Å². The monoisotopic (exact) mass is 403 g/mol. The average Bonchev–Trinajstić information content (AvgIpc) is 2.74. The number of hydrogen-bond acceptors (Lipinski definition) is 4. The van der Waals surface area contributed by atoms with E-state index in [1.165, 1.54) is 0 Å². The van der Waals surface area contributed by atoms with Crippen LogP contribution in [-0.2, 0) is 10.7 Å². The van der Waals surface area contributed by atoms with Crippen LogP contribution in [0.1, 0.15) is 5.56 Å². The summed E-state index contributed by atoms with van der Waals surface area (Å²) in [5, 5.41) is 0. The van der Waals surface area contributed by atoms with Gasteiger partial charge < -0.3 is 9.79 Å². The lowest BCUT2D eigenvalue weighted by molar-refractivity contribution is 0.371. The van der Waals surface area contributed by atoms with Crippen molar-refractivity contribution in [1.82, 2.24) is 15.0 Å². The molecule has 4 aromatic rings. The van der Waals surface area contributed by atoms with E-state index in [2.05, 4.69) is 15.0 Å². The fourth-order valence-electron chi connectivity index (χ4n) is 2.93. The molecule has 2 N–H and O–H groups in total. The van der Waals surface area contributed by atoms with Crippen molar-refractivity contribution in [2.45, 2.75) is 6.16 Å². The molecule has 0 aliphatic rings. The van der Waals surface area contributed by atoms with Crippen LogP contribution in [0.25, 0.3) is 34.2 Å². The van der Waals surface area contributed by atoms with Gasteiger partial charge in [0.1, 0.15) is 0 Å². The molecule has 0 atom stereocenters. The number of hydrogen-bond donors (Lipinski definition) is 2. The van der Waals surface area contributed by atoms with Crippen molar-refractivity contribution in [3.8, 4) is 34.2 Å². The molecular weight excluding hydrogens is 385 g/mol. The molecule has 0 unspecified atom stereocenters. The molecule has 1 aromatic heterocycles. The third kappa shape index (κ3) is 4.81. The lowest BCUT2D eigenvalue weighted by Gasteiger charge is -2.09. The van der Waals surface area contributed by atoms with Crippen molar-refractivity contribution >= 4 is 7.60 Å². The third-order valence-corrected chi connectivity index (χ3v) is 5.08. The van der Waals surface area contributed by atoms with Crippen LogP contribution in [0.5, 0.6) is 0 Å². The van der Waals surface area contributed by atoms with Crippen molar-refractivity contribution in [2.75, 3.05) is 0 Å². The van der Waals surface area contributed by atoms with Crippen molar-refractivity contribution in [1.29, 1.82) is 0 Å². The lowest BCUT2D eigenvalue weighted by Crippen LogP contribution is -2.00. The van der Waals surface area contributed by atoms with Gasteiger partial charge in [-0.25, -0.2) is 15.0 Å². The quantitative estimate of drug-likeness (QED) is 0.475. The van der Waals surface area contributed by atoms with Crippen molar-refractivity contribution in [3.05, 3.63) is 90.5 Å². The summed E-state index contributed by atoms with van der Waals surface area (Å²) in [6, 6.07) is 26.2. The van der Waals surface area contributed by atoms with Crippen LogP contribution in [0.2, 0.25) is 0 Å². The maximum Gasteiger partial charge on any atom is 0.329 e. The Morgan fingerprint density at radius 2 is 0.966 bits per heavy atom. The SMILES string of the molecule is O=P(O)(O)Cc1ccc(-c2nc(-c3ccccc3)nc(-c3ccccc3)n2)cc1. The van der Waals surface area contributed by atoms with E-state index in [-0.39, 0.29) is 6.16 Å². The minimum Gasteiger partial charge on any atom is -0.324 e. The highest BCUT2D eigenvalue weighted by atomic mass is 31.2. The summed E-state index contributed by atoms with van der Waals surface area (Å²) < 4.78 is 11.2. The number of rotatable bonds is 5. The van der Waals surface area contributed by atoms with Crippen LogP contribution >= 0.6 is 7.60 Å². The second kappa shape index (κ2) is 8.05. The first-order chi connectivity index (χ1) is 14.0. The van der Waals surface area contributed by atoms with Crippen LogP contribution in [-0.4, -0.2) is 24.7 Å². The van der Waals surface area contributed by atoms with E-state index in [0.29, 0.717) is 23.0 Å².